The molecule has 1 fully saturated rings. The normalized spacial score (nSPS) is 27.6. The molecule has 33 heavy (non-hydrogen) atoms. The Balaban J connectivity index is 3.21. The highest BCUT2D eigenvalue weighted by Gasteiger charge is 2.49. The van der Waals surface area contributed by atoms with Gasteiger partial charge in [-0.1, -0.05) is 0 Å². The Morgan fingerprint density at radius 3 is 2.18 bits per heavy atom. The fraction of sp³-hybridized carbons (Fsp3) is 0.722. The van der Waals surface area contributed by atoms with Gasteiger partial charge < -0.3 is 51.6 Å². The quantitative estimate of drug-likeness (QED) is 0.150. The highest BCUT2D eigenvalue weighted by atomic mass is 16.6. The van der Waals surface area contributed by atoms with E-state index in [9.17, 15) is 34.2 Å². The van der Waals surface area contributed by atoms with Crippen LogP contribution < -0.4 is 16.8 Å². The number of nitrogens with zero attached hydrogens (tertiary/aromatic N) is 1. The van der Waals surface area contributed by atoms with Crippen LogP contribution in [0.5, 0.6) is 0 Å². The predicted octanol–water partition coefficient (Wildman–Crippen LogP) is -4.07. The highest BCUT2D eigenvalue weighted by Crippen LogP contribution is 2.27. The lowest BCUT2D eigenvalue weighted by molar-refractivity contribution is -0.245. The second-order valence-corrected chi connectivity index (χ2v) is 7.56. The molecule has 9 N–H and O–H groups in total. The van der Waals surface area contributed by atoms with Crippen molar-refractivity contribution in [1.29, 1.82) is 0 Å². The average Bonchev–Trinajstić information content (AvgIpc) is 2.71. The van der Waals surface area contributed by atoms with Crippen LogP contribution in [-0.4, -0.2) is 110 Å². The molecule has 3 amide bonds. The fourth-order valence-electron chi connectivity index (χ4n) is 3.31. The number of nitrogens with two attached hydrogens (primary N) is 2. The number of carbonyl (C=O) groups is 5. The molecule has 1 rings (SSSR count). The van der Waals surface area contributed by atoms with Crippen molar-refractivity contribution < 1.29 is 53.9 Å². The maximum absolute atomic E-state index is 12.7. The van der Waals surface area contributed by atoms with Crippen LogP contribution >= 0.6 is 0 Å². The van der Waals surface area contributed by atoms with Crippen LogP contribution in [0.3, 0.4) is 0 Å². The van der Waals surface area contributed by atoms with Crippen molar-refractivity contribution in [3.05, 3.63) is 0 Å². The van der Waals surface area contributed by atoms with E-state index in [4.69, 9.17) is 31.2 Å². The third-order valence-electron chi connectivity index (χ3n) is 5.10. The van der Waals surface area contributed by atoms with E-state index in [1.165, 1.54) is 13.8 Å². The molecule has 188 valence electrons. The van der Waals surface area contributed by atoms with Gasteiger partial charge in [0.1, 0.15) is 30.4 Å². The SMILES string of the molecule is CC(=O)N(C1O[C@H](CO)[C@@H](O)[C@H](O[C@H](C)C(=O)O)[C@H]1N)[C@@H](C)C(=O)N[C@H](CC(=O)O)C(N)=O. The summed E-state index contributed by atoms with van der Waals surface area (Å²) in [6.07, 6.45) is -7.99. The van der Waals surface area contributed by atoms with Crippen molar-refractivity contribution in [2.24, 2.45) is 11.5 Å². The number of aliphatic hydroxyl groups is 2. The summed E-state index contributed by atoms with van der Waals surface area (Å²) in [4.78, 5) is 59.5. The van der Waals surface area contributed by atoms with Gasteiger partial charge in [-0.15, -0.1) is 0 Å². The van der Waals surface area contributed by atoms with Gasteiger partial charge in [0.05, 0.1) is 19.1 Å². The lowest BCUT2D eigenvalue weighted by Gasteiger charge is -2.48. The zero-order valence-electron chi connectivity index (χ0n) is 18.3. The van der Waals surface area contributed by atoms with Gasteiger partial charge in [-0.25, -0.2) is 4.79 Å². The summed E-state index contributed by atoms with van der Waals surface area (Å²) in [5.74, 6) is -5.58. The van der Waals surface area contributed by atoms with Crippen LogP contribution in [0.25, 0.3) is 0 Å². The van der Waals surface area contributed by atoms with E-state index >= 15 is 0 Å². The van der Waals surface area contributed by atoms with E-state index < -0.39 is 91.5 Å². The number of ether oxygens (including phenoxy) is 2. The maximum atomic E-state index is 12.7. The lowest BCUT2D eigenvalue weighted by Crippen LogP contribution is -2.70. The maximum Gasteiger partial charge on any atom is 0.332 e. The number of aliphatic carboxylic acids is 2. The Morgan fingerprint density at radius 2 is 1.76 bits per heavy atom. The molecule has 0 radical (unpaired) electrons. The first-order valence-electron chi connectivity index (χ1n) is 9.91. The molecular weight excluding hydrogens is 448 g/mol. The number of amides is 3. The van der Waals surface area contributed by atoms with E-state index in [2.05, 4.69) is 5.32 Å². The van der Waals surface area contributed by atoms with Gasteiger partial charge in [-0.2, -0.15) is 0 Å². The molecule has 0 saturated carbocycles. The molecule has 15 nitrogen and oxygen atoms in total. The van der Waals surface area contributed by atoms with Gasteiger partial charge in [0.25, 0.3) is 0 Å². The van der Waals surface area contributed by atoms with Gasteiger partial charge in [0.15, 0.2) is 12.3 Å². The van der Waals surface area contributed by atoms with Crippen LogP contribution in [-0.2, 0) is 33.4 Å². The minimum atomic E-state index is -1.56. The molecule has 0 bridgehead atoms. The number of carbonyl (C=O) groups excluding carboxylic acids is 3. The first-order valence-corrected chi connectivity index (χ1v) is 9.91. The minimum Gasteiger partial charge on any atom is -0.481 e. The minimum absolute atomic E-state index is 0.745. The number of primary amides is 1. The summed E-state index contributed by atoms with van der Waals surface area (Å²) in [5, 5.41) is 40.1. The van der Waals surface area contributed by atoms with Crippen LogP contribution in [0.2, 0.25) is 0 Å². The molecule has 0 aromatic heterocycles. The number of carboxylic acids is 2. The molecule has 1 heterocycles. The zero-order valence-corrected chi connectivity index (χ0v) is 18.3. The van der Waals surface area contributed by atoms with Gasteiger partial charge in [-0.3, -0.25) is 19.2 Å². The van der Waals surface area contributed by atoms with E-state index in [0.717, 1.165) is 11.8 Å². The molecule has 8 atom stereocenters. The summed E-state index contributed by atoms with van der Waals surface area (Å²) in [6, 6.07) is -4.32. The molecule has 1 saturated heterocycles. The van der Waals surface area contributed by atoms with E-state index in [1.54, 1.807) is 0 Å². The topological polar surface area (TPSA) is 252 Å². The number of hydrogen-bond acceptors (Lipinski definition) is 10. The Hall–Kier alpha value is -2.85. The van der Waals surface area contributed by atoms with E-state index in [0.29, 0.717) is 0 Å². The Labute approximate surface area is 188 Å². The monoisotopic (exact) mass is 478 g/mol. The number of aliphatic hydroxyl groups excluding tert-OH is 2. The molecule has 1 unspecified atom stereocenters. The molecule has 0 aliphatic carbocycles. The zero-order chi connectivity index (χ0) is 25.6. The van der Waals surface area contributed by atoms with E-state index in [1.807, 2.05) is 0 Å². The Bertz CT molecular complexity index is 764. The van der Waals surface area contributed by atoms with Crippen LogP contribution in [0.1, 0.15) is 27.2 Å². The first kappa shape index (κ1) is 28.2. The number of rotatable bonds is 11. The molecular formula is C18H30N4O11. The summed E-state index contributed by atoms with van der Waals surface area (Å²) in [5.41, 5.74) is 11.2. The summed E-state index contributed by atoms with van der Waals surface area (Å²) < 4.78 is 10.8. The summed E-state index contributed by atoms with van der Waals surface area (Å²) in [6.45, 7) is 2.74. The van der Waals surface area contributed by atoms with Crippen molar-refractivity contribution in [2.45, 2.75) is 76.0 Å². The van der Waals surface area contributed by atoms with Crippen molar-refractivity contribution in [2.75, 3.05) is 6.61 Å². The average molecular weight is 478 g/mol. The second kappa shape index (κ2) is 11.9. The van der Waals surface area contributed by atoms with Crippen molar-refractivity contribution in [1.82, 2.24) is 10.2 Å². The first-order chi connectivity index (χ1) is 15.2. The summed E-state index contributed by atoms with van der Waals surface area (Å²) >= 11 is 0. The molecule has 1 aliphatic heterocycles. The third-order valence-corrected chi connectivity index (χ3v) is 5.10. The van der Waals surface area contributed by atoms with Crippen molar-refractivity contribution >= 4 is 29.7 Å². The molecule has 1 aliphatic rings. The molecule has 0 aromatic rings. The fourth-order valence-corrected chi connectivity index (χ4v) is 3.31. The van der Waals surface area contributed by atoms with Crippen molar-refractivity contribution in [3.8, 4) is 0 Å². The molecule has 15 heteroatoms. The van der Waals surface area contributed by atoms with Gasteiger partial charge >= 0.3 is 11.9 Å². The molecule has 0 aromatic carbocycles. The van der Waals surface area contributed by atoms with Gasteiger partial charge in [-0.05, 0) is 13.8 Å². The number of nitrogens with one attached hydrogen (secondary N) is 1. The third kappa shape index (κ3) is 7.06. The Morgan fingerprint density at radius 1 is 1.18 bits per heavy atom. The smallest absolute Gasteiger partial charge is 0.332 e. The Kier molecular flexibility index (Phi) is 10.1. The second-order valence-electron chi connectivity index (χ2n) is 7.56. The van der Waals surface area contributed by atoms with Crippen LogP contribution in [0.15, 0.2) is 0 Å². The van der Waals surface area contributed by atoms with Gasteiger partial charge in [0.2, 0.25) is 17.7 Å². The van der Waals surface area contributed by atoms with Crippen LogP contribution in [0.4, 0.5) is 0 Å². The largest absolute Gasteiger partial charge is 0.481 e. The highest BCUT2D eigenvalue weighted by molar-refractivity contribution is 5.92. The number of carboxylic acid groups (broad SMARTS) is 2. The lowest BCUT2D eigenvalue weighted by atomic mass is 9.94. The molecule has 0 spiro atoms. The van der Waals surface area contributed by atoms with E-state index in [-0.39, 0.29) is 0 Å². The van der Waals surface area contributed by atoms with Crippen LogP contribution in [0, 0.1) is 0 Å². The standard InChI is InChI=1S/C18H30N4O11/c1-6(16(29)21-9(15(20)28)4-11(25)26)22(8(3)24)17-12(19)14(32-7(2)18(30)31)13(27)10(5-23)33-17/h6-7,9-10,12-14,17,23,27H,4-5,19H2,1-3H3,(H2,20,28)(H,21,29)(H,25,26)(H,30,31)/t6-,7+,9+,10+,12+,13+,14+,17?/m0/s1. The van der Waals surface area contributed by atoms with Crippen molar-refractivity contribution in [3.63, 3.8) is 0 Å². The summed E-state index contributed by atoms with van der Waals surface area (Å²) in [7, 11) is 0. The number of hydrogen-bond donors (Lipinski definition) is 7. The van der Waals surface area contributed by atoms with Gasteiger partial charge in [0, 0.05) is 6.92 Å². The predicted molar refractivity (Wildman–Crippen MR) is 107 cm³/mol.